The van der Waals surface area contributed by atoms with Gasteiger partial charge in [0.25, 0.3) is 0 Å². The van der Waals surface area contributed by atoms with Gasteiger partial charge in [-0.15, -0.1) is 0 Å². The zero-order valence-corrected chi connectivity index (χ0v) is 38.7. The van der Waals surface area contributed by atoms with Gasteiger partial charge >= 0.3 is 6.85 Å². The Labute approximate surface area is 372 Å². The van der Waals surface area contributed by atoms with Crippen LogP contribution in [0.25, 0.3) is 66.1 Å². The van der Waals surface area contributed by atoms with Gasteiger partial charge in [-0.2, -0.15) is 0 Å². The van der Waals surface area contributed by atoms with Crippen molar-refractivity contribution in [1.29, 1.82) is 0 Å². The number of nitrogens with zero attached hydrogens (tertiary/aromatic N) is 3. The molecule has 310 valence electrons. The predicted octanol–water partition coefficient (Wildman–Crippen LogP) is 14.9. The topological polar surface area (TPSA) is 13.1 Å². The molecule has 0 amide bonds. The molecule has 4 heterocycles. The van der Waals surface area contributed by atoms with Crippen LogP contribution in [0.5, 0.6) is 0 Å². The molecule has 0 unspecified atom stereocenters. The van der Waals surface area contributed by atoms with E-state index in [-0.39, 0.29) is 28.5 Å². The van der Waals surface area contributed by atoms with Crippen molar-refractivity contribution in [3.63, 3.8) is 0 Å². The maximum Gasteiger partial charge on any atom is 0.329 e. The van der Waals surface area contributed by atoms with Gasteiger partial charge < -0.3 is 13.9 Å². The van der Waals surface area contributed by atoms with Crippen LogP contribution in [-0.2, 0) is 21.7 Å². The minimum Gasteiger partial charge on any atom is -0.376 e. The molecule has 0 saturated heterocycles. The molecule has 12 rings (SSSR count). The summed E-state index contributed by atoms with van der Waals surface area (Å²) in [6.07, 6.45) is 0. The molecular weight excluding hydrogens is 761 g/mol. The number of benzene rings is 7. The van der Waals surface area contributed by atoms with E-state index in [1.54, 1.807) is 0 Å². The summed E-state index contributed by atoms with van der Waals surface area (Å²) >= 11 is 0. The van der Waals surface area contributed by atoms with Gasteiger partial charge in [0, 0.05) is 71.9 Å². The SMILES string of the molecule is CC(C)(C)c1ccc(N2C3=C(B4c5c(cc(C(C)(C)C)cc52)-c2cc5c(c6ccccc6n5-c5ccccc5)c5c6cc(C(C)(C)C)ccc6n4c25)C(C)(C)c2ccccc23)cc1. The first-order valence-corrected chi connectivity index (χ1v) is 23.0. The third-order valence-corrected chi connectivity index (χ3v) is 14.9. The minimum absolute atomic E-state index is 0.0199. The van der Waals surface area contributed by atoms with Crippen molar-refractivity contribution in [1.82, 2.24) is 9.05 Å². The van der Waals surface area contributed by atoms with E-state index in [4.69, 9.17) is 0 Å². The first kappa shape index (κ1) is 38.4. The summed E-state index contributed by atoms with van der Waals surface area (Å²) in [6, 6.07) is 53.9. The third-order valence-electron chi connectivity index (χ3n) is 14.9. The molecule has 3 nitrogen and oxygen atoms in total. The van der Waals surface area contributed by atoms with Gasteiger partial charge in [-0.25, -0.2) is 0 Å². The second kappa shape index (κ2) is 12.5. The largest absolute Gasteiger partial charge is 0.376 e. The summed E-state index contributed by atoms with van der Waals surface area (Å²) in [5.74, 6) is 0. The van der Waals surface area contributed by atoms with Gasteiger partial charge in [-0.3, -0.25) is 0 Å². The van der Waals surface area contributed by atoms with Gasteiger partial charge in [-0.05, 0) is 110 Å². The maximum atomic E-state index is 2.80. The normalized spacial score (nSPS) is 15.5. The van der Waals surface area contributed by atoms with E-state index >= 15 is 0 Å². The number of rotatable bonds is 2. The lowest BCUT2D eigenvalue weighted by molar-refractivity contribution is 0.590. The molecule has 1 aliphatic carbocycles. The van der Waals surface area contributed by atoms with Crippen molar-refractivity contribution in [3.8, 4) is 16.8 Å². The molecule has 0 N–H and O–H groups in total. The van der Waals surface area contributed by atoms with Gasteiger partial charge in [-0.1, -0.05) is 161 Å². The predicted molar refractivity (Wildman–Crippen MR) is 271 cm³/mol. The van der Waals surface area contributed by atoms with Crippen LogP contribution in [0.1, 0.15) is 104 Å². The van der Waals surface area contributed by atoms with Crippen LogP contribution in [0.15, 0.2) is 145 Å². The molecule has 4 heteroatoms. The number of aromatic nitrogens is 2. The average molecular weight is 818 g/mol. The van der Waals surface area contributed by atoms with Crippen molar-refractivity contribution in [2.24, 2.45) is 0 Å². The molecule has 9 aromatic rings. The molecule has 3 aliphatic rings. The standard InChI is InChI=1S/C59H56BN3/c1-56(2,3)35-25-28-39(29-26-35)62-49-33-37(58(7,8)9)32-42-43-34-48-50(41-22-16-18-24-46(41)61(48)38-19-13-12-14-20-38)51-44-31-36(57(4,5)6)27-30-47(44)63(53(43)51)60(52(42)49)55-54(62)40-21-15-17-23-45(40)59(55,10)11/h12-34H,1-11H3. The Hall–Kier alpha value is -6.26. The summed E-state index contributed by atoms with van der Waals surface area (Å²) in [4.78, 5) is 2.66. The zero-order chi connectivity index (χ0) is 43.7. The van der Waals surface area contributed by atoms with E-state index in [1.165, 1.54) is 116 Å². The van der Waals surface area contributed by atoms with E-state index in [0.717, 1.165) is 0 Å². The molecular formula is C59H56BN3. The van der Waals surface area contributed by atoms with Crippen LogP contribution >= 0.6 is 0 Å². The van der Waals surface area contributed by atoms with Crippen LogP contribution in [0.4, 0.5) is 11.4 Å². The minimum atomic E-state index is -0.253. The smallest absolute Gasteiger partial charge is 0.329 e. The fraction of sp³-hybridized carbons (Fsp3) is 0.254. The van der Waals surface area contributed by atoms with Gasteiger partial charge in [0.1, 0.15) is 0 Å². The highest BCUT2D eigenvalue weighted by Crippen LogP contribution is 2.58. The first-order chi connectivity index (χ1) is 29.9. The summed E-state index contributed by atoms with van der Waals surface area (Å²) in [6.45, 7) is 26.1. The van der Waals surface area contributed by atoms with Crippen molar-refractivity contribution in [3.05, 3.63) is 173 Å². The Morgan fingerprint density at radius 2 is 1.13 bits per heavy atom. The number of para-hydroxylation sites is 2. The van der Waals surface area contributed by atoms with Crippen molar-refractivity contribution >= 4 is 73.0 Å². The number of anilines is 2. The summed E-state index contributed by atoms with van der Waals surface area (Å²) in [5.41, 5.74) is 22.1. The molecule has 0 radical (unpaired) electrons. The molecule has 2 aromatic heterocycles. The second-order valence-corrected chi connectivity index (χ2v) is 22.3. The lowest BCUT2D eigenvalue weighted by Gasteiger charge is -2.43. The van der Waals surface area contributed by atoms with Crippen LogP contribution in [0.2, 0.25) is 0 Å². The highest BCUT2D eigenvalue weighted by atomic mass is 15.2. The molecule has 63 heavy (non-hydrogen) atoms. The van der Waals surface area contributed by atoms with Gasteiger partial charge in [0.2, 0.25) is 0 Å². The summed E-state index contributed by atoms with van der Waals surface area (Å²) in [5, 5.41) is 5.32. The number of fused-ring (bicyclic) bond motifs is 12. The van der Waals surface area contributed by atoms with Crippen LogP contribution in [0, 0.1) is 0 Å². The Kier molecular flexibility index (Phi) is 7.61. The van der Waals surface area contributed by atoms with Crippen molar-refractivity contribution in [2.75, 3.05) is 4.90 Å². The number of hydrogen-bond acceptors (Lipinski definition) is 1. The van der Waals surface area contributed by atoms with E-state index in [9.17, 15) is 0 Å². The van der Waals surface area contributed by atoms with E-state index in [0.29, 0.717) is 0 Å². The monoisotopic (exact) mass is 817 g/mol. The lowest BCUT2D eigenvalue weighted by atomic mass is 9.40. The molecule has 0 spiro atoms. The molecule has 2 aliphatic heterocycles. The zero-order valence-electron chi connectivity index (χ0n) is 38.7. The quantitative estimate of drug-likeness (QED) is 0.158. The molecule has 0 atom stereocenters. The van der Waals surface area contributed by atoms with E-state index in [2.05, 4.69) is 230 Å². The fourth-order valence-corrected chi connectivity index (χ4v) is 11.7. The maximum absolute atomic E-state index is 2.80. The Morgan fingerprint density at radius 3 is 1.84 bits per heavy atom. The summed E-state index contributed by atoms with van der Waals surface area (Å²) in [7, 11) is 0. The average Bonchev–Trinajstić information content (AvgIpc) is 3.85. The number of hydrogen-bond donors (Lipinski definition) is 0. The molecule has 0 bridgehead atoms. The first-order valence-electron chi connectivity index (χ1n) is 23.0. The van der Waals surface area contributed by atoms with Crippen molar-refractivity contribution in [2.45, 2.75) is 97.8 Å². The lowest BCUT2D eigenvalue weighted by Crippen LogP contribution is -2.52. The van der Waals surface area contributed by atoms with Crippen LogP contribution in [-0.4, -0.2) is 15.9 Å². The van der Waals surface area contributed by atoms with Crippen molar-refractivity contribution < 1.29 is 0 Å². The Morgan fingerprint density at radius 1 is 0.476 bits per heavy atom. The third kappa shape index (κ3) is 5.15. The van der Waals surface area contributed by atoms with Gasteiger partial charge in [0.15, 0.2) is 0 Å². The summed E-state index contributed by atoms with van der Waals surface area (Å²) < 4.78 is 5.32. The van der Waals surface area contributed by atoms with Gasteiger partial charge in [0.05, 0.1) is 11.0 Å². The highest BCUT2D eigenvalue weighted by Gasteiger charge is 2.53. The molecule has 0 saturated carbocycles. The second-order valence-electron chi connectivity index (χ2n) is 22.3. The number of allylic oxidation sites excluding steroid dienone is 1. The Bertz CT molecular complexity index is 3460. The Balaban J connectivity index is 1.32. The van der Waals surface area contributed by atoms with E-state index in [1.807, 2.05) is 0 Å². The fourth-order valence-electron chi connectivity index (χ4n) is 11.7. The van der Waals surface area contributed by atoms with Crippen LogP contribution < -0.4 is 10.4 Å². The van der Waals surface area contributed by atoms with E-state index < -0.39 is 0 Å². The highest BCUT2D eigenvalue weighted by molar-refractivity contribution is 6.86. The van der Waals surface area contributed by atoms with Crippen LogP contribution in [0.3, 0.4) is 0 Å². The molecule has 7 aromatic carbocycles. The molecule has 0 fully saturated rings.